The van der Waals surface area contributed by atoms with E-state index in [4.69, 9.17) is 9.29 Å². The largest absolute Gasteiger partial charge is 0.460 e. The van der Waals surface area contributed by atoms with Crippen LogP contribution in [0.1, 0.15) is 110 Å². The fraction of sp³-hybridized carbons (Fsp3) is 0.955. The Morgan fingerprint density at radius 2 is 1.52 bits per heavy atom. The van der Waals surface area contributed by atoms with Gasteiger partial charge in [0.1, 0.15) is 11.9 Å². The molecule has 0 radical (unpaired) electrons. The monoisotopic (exact) mass is 433 g/mol. The fourth-order valence-electron chi connectivity index (χ4n) is 3.98. The van der Waals surface area contributed by atoms with Crippen molar-refractivity contribution in [3.63, 3.8) is 0 Å². The van der Waals surface area contributed by atoms with Crippen LogP contribution < -0.4 is 5.32 Å². The van der Waals surface area contributed by atoms with Gasteiger partial charge in [-0.2, -0.15) is 8.42 Å². The van der Waals surface area contributed by atoms with Crippen molar-refractivity contribution in [2.75, 3.05) is 12.3 Å². The molecule has 0 amide bonds. The number of hydrogen-bond acceptors (Lipinski definition) is 5. The minimum atomic E-state index is -4.18. The minimum absolute atomic E-state index is 0.272. The highest BCUT2D eigenvalue weighted by Gasteiger charge is 2.23. The maximum Gasteiger partial charge on any atom is 0.306 e. The first-order valence-electron chi connectivity index (χ1n) is 11.8. The summed E-state index contributed by atoms with van der Waals surface area (Å²) in [6.07, 6.45) is 17.1. The molecule has 1 atom stereocenters. The smallest absolute Gasteiger partial charge is 0.306 e. The van der Waals surface area contributed by atoms with Crippen molar-refractivity contribution in [1.82, 2.24) is 5.32 Å². The predicted octanol–water partition coefficient (Wildman–Crippen LogP) is 5.02. The molecular formula is C22H43NO5S. The molecule has 1 rings (SSSR count). The number of carbonyl (C=O) groups excluding carboxylic acids is 1. The van der Waals surface area contributed by atoms with E-state index < -0.39 is 22.0 Å². The number of carbonyl (C=O) groups is 1. The summed E-state index contributed by atoms with van der Waals surface area (Å²) in [6.45, 7) is 2.50. The van der Waals surface area contributed by atoms with E-state index >= 15 is 0 Å². The van der Waals surface area contributed by atoms with E-state index in [1.807, 2.05) is 0 Å². The van der Waals surface area contributed by atoms with Gasteiger partial charge in [0.2, 0.25) is 0 Å². The molecular weight excluding hydrogens is 390 g/mol. The van der Waals surface area contributed by atoms with E-state index in [9.17, 15) is 13.2 Å². The van der Waals surface area contributed by atoms with E-state index in [0.29, 0.717) is 12.5 Å². The van der Waals surface area contributed by atoms with Gasteiger partial charge >= 0.3 is 5.97 Å². The van der Waals surface area contributed by atoms with Crippen molar-refractivity contribution in [3.05, 3.63) is 0 Å². The lowest BCUT2D eigenvalue weighted by atomic mass is 9.95. The van der Waals surface area contributed by atoms with Crippen LogP contribution in [0.5, 0.6) is 0 Å². The maximum atomic E-state index is 12.1. The summed E-state index contributed by atoms with van der Waals surface area (Å²) in [5, 5.41) is 3.31. The zero-order valence-electron chi connectivity index (χ0n) is 18.4. The van der Waals surface area contributed by atoms with Crippen molar-refractivity contribution in [1.29, 1.82) is 0 Å². The lowest BCUT2D eigenvalue weighted by molar-refractivity contribution is -0.148. The van der Waals surface area contributed by atoms with Crippen LogP contribution in [0.3, 0.4) is 0 Å². The quantitative estimate of drug-likeness (QED) is 0.190. The first kappa shape index (κ1) is 26.4. The zero-order chi connectivity index (χ0) is 21.4. The van der Waals surface area contributed by atoms with Gasteiger partial charge in [0.25, 0.3) is 10.1 Å². The summed E-state index contributed by atoms with van der Waals surface area (Å²) in [5.74, 6) is -0.917. The van der Waals surface area contributed by atoms with Crippen LogP contribution >= 0.6 is 0 Å². The maximum absolute atomic E-state index is 12.1. The Balaban J connectivity index is 2.17. The first-order chi connectivity index (χ1) is 13.9. The molecule has 2 N–H and O–H groups in total. The number of unbranched alkanes of at least 4 members (excludes halogenated alkanes) is 9. The van der Waals surface area contributed by atoms with Crippen molar-refractivity contribution in [2.45, 2.75) is 122 Å². The second-order valence-electron chi connectivity index (χ2n) is 8.54. The Bertz CT molecular complexity index is 517. The highest BCUT2D eigenvalue weighted by molar-refractivity contribution is 7.85. The van der Waals surface area contributed by atoms with Crippen LogP contribution in [-0.2, 0) is 19.6 Å². The average Bonchev–Trinajstić information content (AvgIpc) is 2.67. The van der Waals surface area contributed by atoms with Crippen LogP contribution in [0.15, 0.2) is 0 Å². The Kier molecular flexibility index (Phi) is 14.6. The lowest BCUT2D eigenvalue weighted by Crippen LogP contribution is -2.41. The summed E-state index contributed by atoms with van der Waals surface area (Å²) in [4.78, 5) is 12.1. The van der Waals surface area contributed by atoms with Gasteiger partial charge in [-0.25, -0.2) is 0 Å². The Hall–Kier alpha value is -0.660. The van der Waals surface area contributed by atoms with Gasteiger partial charge in [-0.1, -0.05) is 84.0 Å². The molecule has 1 unspecified atom stereocenters. The summed E-state index contributed by atoms with van der Waals surface area (Å²) < 4.78 is 37.0. The second-order valence-corrected chi connectivity index (χ2v) is 10.0. The Labute approximate surface area is 178 Å². The molecule has 29 heavy (non-hydrogen) atoms. The van der Waals surface area contributed by atoms with E-state index in [-0.39, 0.29) is 12.5 Å². The third-order valence-corrected chi connectivity index (χ3v) is 6.46. The van der Waals surface area contributed by atoms with Crippen molar-refractivity contribution >= 4 is 16.1 Å². The average molecular weight is 434 g/mol. The lowest BCUT2D eigenvalue weighted by Gasteiger charge is -2.25. The number of hydrogen-bond donors (Lipinski definition) is 2. The van der Waals surface area contributed by atoms with Gasteiger partial charge in [0.15, 0.2) is 0 Å². The standard InChI is InChI=1S/C22H43NO5S/c1-2-3-4-5-6-7-8-9-10-14-17-22(24)28-21(19-29(25,26)27)18-23-20-15-12-11-13-16-20/h20-21,23H,2-19H2,1H3,(H,25,26,27). The molecule has 1 aliphatic carbocycles. The topological polar surface area (TPSA) is 92.7 Å². The zero-order valence-corrected chi connectivity index (χ0v) is 19.2. The molecule has 0 aromatic rings. The van der Waals surface area contributed by atoms with Gasteiger partial charge in [0.05, 0.1) is 0 Å². The third-order valence-electron chi connectivity index (χ3n) is 5.67. The molecule has 0 aliphatic heterocycles. The Morgan fingerprint density at radius 3 is 2.07 bits per heavy atom. The normalized spacial score (nSPS) is 16.6. The molecule has 0 aromatic carbocycles. The molecule has 1 aliphatic rings. The third kappa shape index (κ3) is 15.8. The van der Waals surface area contributed by atoms with Crippen molar-refractivity contribution in [3.8, 4) is 0 Å². The van der Waals surface area contributed by atoms with Crippen LogP contribution in [0.4, 0.5) is 0 Å². The van der Waals surface area contributed by atoms with Crippen LogP contribution in [-0.4, -0.2) is 43.4 Å². The molecule has 0 spiro atoms. The van der Waals surface area contributed by atoms with Crippen LogP contribution in [0.2, 0.25) is 0 Å². The molecule has 1 saturated carbocycles. The fourth-order valence-corrected chi connectivity index (χ4v) is 4.63. The van der Waals surface area contributed by atoms with Gasteiger partial charge < -0.3 is 10.1 Å². The summed E-state index contributed by atoms with van der Waals surface area (Å²) >= 11 is 0. The van der Waals surface area contributed by atoms with Crippen molar-refractivity contribution < 1.29 is 22.5 Å². The van der Waals surface area contributed by atoms with E-state index in [1.165, 1.54) is 64.2 Å². The van der Waals surface area contributed by atoms with Gasteiger partial charge in [-0.05, 0) is 19.3 Å². The van der Waals surface area contributed by atoms with Crippen LogP contribution in [0.25, 0.3) is 0 Å². The second kappa shape index (κ2) is 16.1. The SMILES string of the molecule is CCCCCCCCCCCCC(=O)OC(CNC1CCCCC1)CS(=O)(=O)O. The highest BCUT2D eigenvalue weighted by Crippen LogP contribution is 2.17. The van der Waals surface area contributed by atoms with Gasteiger partial charge in [-0.3, -0.25) is 9.35 Å². The molecule has 0 saturated heterocycles. The number of esters is 1. The number of ether oxygens (including phenoxy) is 1. The predicted molar refractivity (Wildman–Crippen MR) is 118 cm³/mol. The number of nitrogens with one attached hydrogen (secondary N) is 1. The highest BCUT2D eigenvalue weighted by atomic mass is 32.2. The molecule has 0 heterocycles. The van der Waals surface area contributed by atoms with Crippen LogP contribution in [0, 0.1) is 0 Å². The number of rotatable bonds is 17. The van der Waals surface area contributed by atoms with Crippen molar-refractivity contribution in [2.24, 2.45) is 0 Å². The molecule has 1 fully saturated rings. The van der Waals surface area contributed by atoms with E-state index in [1.54, 1.807) is 0 Å². The summed E-state index contributed by atoms with van der Waals surface area (Å²) in [7, 11) is -4.18. The molecule has 172 valence electrons. The minimum Gasteiger partial charge on any atom is -0.460 e. The first-order valence-corrected chi connectivity index (χ1v) is 13.4. The molecule has 0 bridgehead atoms. The van der Waals surface area contributed by atoms with E-state index in [0.717, 1.165) is 32.1 Å². The summed E-state index contributed by atoms with van der Waals surface area (Å²) in [5.41, 5.74) is 0. The molecule has 0 aromatic heterocycles. The molecule has 6 nitrogen and oxygen atoms in total. The van der Waals surface area contributed by atoms with Gasteiger partial charge in [-0.15, -0.1) is 0 Å². The molecule has 7 heteroatoms. The van der Waals surface area contributed by atoms with Gasteiger partial charge in [0, 0.05) is 19.0 Å². The van der Waals surface area contributed by atoms with E-state index in [2.05, 4.69) is 12.2 Å². The summed E-state index contributed by atoms with van der Waals surface area (Å²) in [6, 6.07) is 0.341. The Morgan fingerprint density at radius 1 is 0.966 bits per heavy atom.